The Bertz CT molecular complexity index is 908. The molecule has 0 radical (unpaired) electrons. The van der Waals surface area contributed by atoms with Gasteiger partial charge in [0, 0.05) is 6.42 Å². The molecule has 27 heavy (non-hydrogen) atoms. The number of halogens is 1. The molecule has 0 aliphatic carbocycles. The van der Waals surface area contributed by atoms with Crippen LogP contribution < -0.4 is 5.32 Å². The molecule has 2 aromatic carbocycles. The number of fused-ring (bicyclic) bond motifs is 1. The number of carbonyl (C=O) groups excluding carboxylic acids is 3. The molecule has 7 nitrogen and oxygen atoms in total. The maximum absolute atomic E-state index is 13.7. The second-order valence-electron chi connectivity index (χ2n) is 6.00. The number of carbonyl (C=O) groups is 4. The van der Waals surface area contributed by atoms with Crippen molar-refractivity contribution in [1.82, 2.24) is 10.2 Å². The van der Waals surface area contributed by atoms with Crippen molar-refractivity contribution in [2.24, 2.45) is 0 Å². The van der Waals surface area contributed by atoms with Crippen molar-refractivity contribution in [3.63, 3.8) is 0 Å². The second-order valence-corrected chi connectivity index (χ2v) is 6.00. The van der Waals surface area contributed by atoms with Crippen LogP contribution in [0, 0.1) is 5.82 Å². The Morgan fingerprint density at radius 2 is 1.56 bits per heavy atom. The van der Waals surface area contributed by atoms with Crippen molar-refractivity contribution < 1.29 is 28.7 Å². The standard InChI is InChI=1S/C19H15FN2O5/c20-14-8-4-1-5-11(14)9-15(19(26)27)21-16(23)10-22-17(24)12-6-2-3-7-13(12)18(22)25/h1-8,15H,9-10H2,(H,21,23)(H,26,27). The van der Waals surface area contributed by atoms with Crippen LogP contribution in [0.3, 0.4) is 0 Å². The first-order chi connectivity index (χ1) is 12.9. The molecule has 0 aromatic heterocycles. The molecule has 8 heteroatoms. The molecule has 0 bridgehead atoms. The van der Waals surface area contributed by atoms with Crippen LogP contribution in [0.15, 0.2) is 48.5 Å². The summed E-state index contributed by atoms with van der Waals surface area (Å²) in [6.45, 7) is -0.618. The summed E-state index contributed by atoms with van der Waals surface area (Å²) in [5, 5.41) is 11.5. The smallest absolute Gasteiger partial charge is 0.326 e. The Hall–Kier alpha value is -3.55. The lowest BCUT2D eigenvalue weighted by molar-refractivity contribution is -0.141. The fourth-order valence-electron chi connectivity index (χ4n) is 2.85. The van der Waals surface area contributed by atoms with Crippen LogP contribution in [0.25, 0.3) is 0 Å². The lowest BCUT2D eigenvalue weighted by atomic mass is 10.1. The van der Waals surface area contributed by atoms with E-state index in [-0.39, 0.29) is 23.1 Å². The SMILES string of the molecule is O=C(CN1C(=O)c2ccccc2C1=O)NC(Cc1ccccc1F)C(=O)O. The van der Waals surface area contributed by atoms with Gasteiger partial charge in [0.05, 0.1) is 11.1 Å². The summed E-state index contributed by atoms with van der Waals surface area (Å²) in [5.41, 5.74) is 0.513. The fraction of sp³-hybridized carbons (Fsp3) is 0.158. The Labute approximate surface area is 153 Å². The predicted molar refractivity (Wildman–Crippen MR) is 91.5 cm³/mol. The number of hydrogen-bond donors (Lipinski definition) is 2. The van der Waals surface area contributed by atoms with Crippen molar-refractivity contribution in [3.8, 4) is 0 Å². The molecule has 0 saturated heterocycles. The fourth-order valence-corrected chi connectivity index (χ4v) is 2.85. The van der Waals surface area contributed by atoms with Gasteiger partial charge in [-0.25, -0.2) is 9.18 Å². The lowest BCUT2D eigenvalue weighted by Crippen LogP contribution is -2.47. The van der Waals surface area contributed by atoms with Gasteiger partial charge in [-0.05, 0) is 23.8 Å². The zero-order chi connectivity index (χ0) is 19.6. The zero-order valence-electron chi connectivity index (χ0n) is 14.0. The van der Waals surface area contributed by atoms with Gasteiger partial charge in [-0.15, -0.1) is 0 Å². The molecule has 1 atom stereocenters. The van der Waals surface area contributed by atoms with E-state index >= 15 is 0 Å². The third-order valence-corrected chi connectivity index (χ3v) is 4.20. The van der Waals surface area contributed by atoms with Gasteiger partial charge in [0.2, 0.25) is 5.91 Å². The monoisotopic (exact) mass is 370 g/mol. The Balaban J connectivity index is 1.69. The number of imide groups is 1. The molecule has 138 valence electrons. The summed E-state index contributed by atoms with van der Waals surface area (Å²) in [4.78, 5) is 48.9. The number of carboxylic acid groups (broad SMARTS) is 1. The number of nitrogens with one attached hydrogen (secondary N) is 1. The highest BCUT2D eigenvalue weighted by Crippen LogP contribution is 2.22. The highest BCUT2D eigenvalue weighted by atomic mass is 19.1. The Morgan fingerprint density at radius 1 is 1.00 bits per heavy atom. The Kier molecular flexibility index (Phi) is 4.98. The van der Waals surface area contributed by atoms with Crippen LogP contribution in [0.4, 0.5) is 4.39 Å². The molecule has 0 saturated carbocycles. The predicted octanol–water partition coefficient (Wildman–Crippen LogP) is 1.23. The van der Waals surface area contributed by atoms with Gasteiger partial charge in [0.15, 0.2) is 0 Å². The van der Waals surface area contributed by atoms with Gasteiger partial charge >= 0.3 is 5.97 Å². The summed E-state index contributed by atoms with van der Waals surface area (Å²) in [6.07, 6.45) is -0.268. The topological polar surface area (TPSA) is 104 Å². The molecular weight excluding hydrogens is 355 g/mol. The van der Waals surface area contributed by atoms with Crippen LogP contribution in [0.2, 0.25) is 0 Å². The molecule has 2 N–H and O–H groups in total. The maximum atomic E-state index is 13.7. The van der Waals surface area contributed by atoms with E-state index in [4.69, 9.17) is 0 Å². The molecule has 1 heterocycles. The van der Waals surface area contributed by atoms with E-state index in [1.807, 2.05) is 0 Å². The summed E-state index contributed by atoms with van der Waals surface area (Å²) in [5.74, 6) is -4.00. The van der Waals surface area contributed by atoms with Gasteiger partial charge in [-0.2, -0.15) is 0 Å². The highest BCUT2D eigenvalue weighted by Gasteiger charge is 2.36. The van der Waals surface area contributed by atoms with Crippen LogP contribution in [-0.2, 0) is 16.0 Å². The van der Waals surface area contributed by atoms with Crippen molar-refractivity contribution in [2.75, 3.05) is 6.54 Å². The lowest BCUT2D eigenvalue weighted by Gasteiger charge is -2.18. The van der Waals surface area contributed by atoms with Gasteiger partial charge in [0.25, 0.3) is 11.8 Å². The molecule has 1 unspecified atom stereocenters. The number of benzene rings is 2. The van der Waals surface area contributed by atoms with Crippen LogP contribution in [0.5, 0.6) is 0 Å². The minimum Gasteiger partial charge on any atom is -0.480 e. The van der Waals surface area contributed by atoms with Crippen molar-refractivity contribution in [1.29, 1.82) is 0 Å². The largest absolute Gasteiger partial charge is 0.480 e. The molecular formula is C19H15FN2O5. The Morgan fingerprint density at radius 3 is 2.11 bits per heavy atom. The summed E-state index contributed by atoms with van der Waals surface area (Å²) < 4.78 is 13.7. The van der Waals surface area contributed by atoms with Gasteiger partial charge in [0.1, 0.15) is 18.4 Å². The summed E-state index contributed by atoms with van der Waals surface area (Å²) >= 11 is 0. The zero-order valence-corrected chi connectivity index (χ0v) is 14.0. The third kappa shape index (κ3) is 3.69. The van der Waals surface area contributed by atoms with E-state index < -0.39 is 42.1 Å². The number of amides is 3. The van der Waals surface area contributed by atoms with Gasteiger partial charge in [-0.1, -0.05) is 30.3 Å². The van der Waals surface area contributed by atoms with Crippen molar-refractivity contribution in [2.45, 2.75) is 12.5 Å². The quantitative estimate of drug-likeness (QED) is 0.745. The van der Waals surface area contributed by atoms with E-state index in [2.05, 4.69) is 5.32 Å². The second kappa shape index (κ2) is 7.36. The van der Waals surface area contributed by atoms with E-state index in [1.54, 1.807) is 18.2 Å². The van der Waals surface area contributed by atoms with E-state index in [0.717, 1.165) is 4.90 Å². The van der Waals surface area contributed by atoms with E-state index in [9.17, 15) is 28.7 Å². The van der Waals surface area contributed by atoms with Crippen LogP contribution in [0.1, 0.15) is 26.3 Å². The van der Waals surface area contributed by atoms with Gasteiger partial charge < -0.3 is 10.4 Å². The first kappa shape index (κ1) is 18.2. The van der Waals surface area contributed by atoms with Crippen LogP contribution >= 0.6 is 0 Å². The van der Waals surface area contributed by atoms with E-state index in [0.29, 0.717) is 0 Å². The first-order valence-electron chi connectivity index (χ1n) is 8.09. The minimum absolute atomic E-state index is 0.130. The molecule has 3 amide bonds. The maximum Gasteiger partial charge on any atom is 0.326 e. The molecule has 0 fully saturated rings. The van der Waals surface area contributed by atoms with Crippen molar-refractivity contribution >= 4 is 23.7 Å². The number of nitrogens with zero attached hydrogens (tertiary/aromatic N) is 1. The number of aliphatic carboxylic acids is 1. The first-order valence-corrected chi connectivity index (χ1v) is 8.09. The molecule has 3 rings (SSSR count). The van der Waals surface area contributed by atoms with Gasteiger partial charge in [-0.3, -0.25) is 19.3 Å². The number of hydrogen-bond acceptors (Lipinski definition) is 4. The average Bonchev–Trinajstić information content (AvgIpc) is 2.88. The molecule has 1 aliphatic rings. The summed E-state index contributed by atoms with van der Waals surface area (Å²) in [6, 6.07) is 10.4. The molecule has 2 aromatic rings. The van der Waals surface area contributed by atoms with Crippen molar-refractivity contribution in [3.05, 3.63) is 71.0 Å². The highest BCUT2D eigenvalue weighted by molar-refractivity contribution is 6.22. The number of rotatable bonds is 6. The third-order valence-electron chi connectivity index (χ3n) is 4.20. The number of carboxylic acids is 1. The van der Waals surface area contributed by atoms with Crippen LogP contribution in [-0.4, -0.2) is 46.3 Å². The minimum atomic E-state index is -1.40. The molecule has 0 spiro atoms. The summed E-state index contributed by atoms with van der Waals surface area (Å²) in [7, 11) is 0. The normalized spacial score (nSPS) is 14.0. The van der Waals surface area contributed by atoms with E-state index in [1.165, 1.54) is 30.3 Å². The average molecular weight is 370 g/mol. The molecule has 1 aliphatic heterocycles.